The zero-order valence-electron chi connectivity index (χ0n) is 21.0. The molecule has 3 aromatic carbocycles. The van der Waals surface area contributed by atoms with E-state index in [4.69, 9.17) is 4.74 Å². The Morgan fingerprint density at radius 3 is 2.26 bits per heavy atom. The first-order valence-electron chi connectivity index (χ1n) is 12.1. The summed E-state index contributed by atoms with van der Waals surface area (Å²) < 4.78 is 5.31. The number of carbonyl (C=O) groups excluding carboxylic acids is 4. The lowest BCUT2D eigenvalue weighted by atomic mass is 10.0. The van der Waals surface area contributed by atoms with Gasteiger partial charge in [0.05, 0.1) is 23.4 Å². The summed E-state index contributed by atoms with van der Waals surface area (Å²) in [7, 11) is 0. The number of fused-ring (bicyclic) bond motifs is 1. The number of benzene rings is 3. The van der Waals surface area contributed by atoms with Crippen molar-refractivity contribution in [2.24, 2.45) is 0 Å². The van der Waals surface area contributed by atoms with Crippen LogP contribution in [0.25, 0.3) is 11.1 Å². The van der Waals surface area contributed by atoms with E-state index in [2.05, 4.69) is 5.32 Å². The number of anilines is 2. The fourth-order valence-electron chi connectivity index (χ4n) is 4.47. The van der Waals surface area contributed by atoms with Crippen LogP contribution in [0.15, 0.2) is 72.8 Å². The average Bonchev–Trinajstić information content (AvgIpc) is 3.37. The molecule has 2 heterocycles. The van der Waals surface area contributed by atoms with Crippen LogP contribution in [0.1, 0.15) is 58.8 Å². The molecule has 4 aromatic rings. The third-order valence-corrected chi connectivity index (χ3v) is 7.31. The van der Waals surface area contributed by atoms with Gasteiger partial charge in [-0.25, -0.2) is 9.69 Å². The van der Waals surface area contributed by atoms with E-state index in [9.17, 15) is 19.2 Å². The Bertz CT molecular complexity index is 1590. The molecule has 0 bridgehead atoms. The number of amides is 3. The molecule has 0 aliphatic carbocycles. The summed E-state index contributed by atoms with van der Waals surface area (Å²) in [4.78, 5) is 54.4. The third-order valence-electron chi connectivity index (χ3n) is 6.29. The quantitative estimate of drug-likeness (QED) is 0.237. The highest BCUT2D eigenvalue weighted by Gasteiger charge is 2.37. The van der Waals surface area contributed by atoms with Crippen molar-refractivity contribution < 1.29 is 23.9 Å². The van der Waals surface area contributed by atoms with Gasteiger partial charge in [0.1, 0.15) is 10.6 Å². The predicted molar refractivity (Wildman–Crippen MR) is 147 cm³/mol. The molecule has 0 atom stereocenters. The van der Waals surface area contributed by atoms with Crippen molar-refractivity contribution >= 4 is 45.7 Å². The molecule has 1 aromatic heterocycles. The minimum Gasteiger partial charge on any atom is -0.462 e. The van der Waals surface area contributed by atoms with Gasteiger partial charge in [-0.2, -0.15) is 0 Å². The van der Waals surface area contributed by atoms with Gasteiger partial charge < -0.3 is 10.1 Å². The van der Waals surface area contributed by atoms with Crippen LogP contribution in [0.3, 0.4) is 0 Å². The van der Waals surface area contributed by atoms with Crippen LogP contribution in [0.2, 0.25) is 0 Å². The number of hydrogen-bond donors (Lipinski definition) is 1. The van der Waals surface area contributed by atoms with E-state index in [1.54, 1.807) is 19.1 Å². The smallest absolute Gasteiger partial charge is 0.341 e. The molecule has 3 amide bonds. The fraction of sp³-hybridized carbons (Fsp3) is 0.133. The van der Waals surface area contributed by atoms with Crippen LogP contribution in [-0.2, 0) is 4.74 Å². The van der Waals surface area contributed by atoms with Gasteiger partial charge in [-0.3, -0.25) is 14.4 Å². The maximum Gasteiger partial charge on any atom is 0.341 e. The summed E-state index contributed by atoms with van der Waals surface area (Å²) in [5, 5.41) is 3.19. The first kappa shape index (κ1) is 25.1. The van der Waals surface area contributed by atoms with Gasteiger partial charge in [0.25, 0.3) is 17.7 Å². The fourth-order valence-corrected chi connectivity index (χ4v) is 5.53. The number of nitrogens with one attached hydrogen (secondary N) is 1. The van der Waals surface area contributed by atoms with Crippen molar-refractivity contribution in [3.63, 3.8) is 0 Å². The monoisotopic (exact) mass is 524 g/mol. The second-order valence-electron chi connectivity index (χ2n) is 8.82. The van der Waals surface area contributed by atoms with E-state index in [-0.39, 0.29) is 28.9 Å². The van der Waals surface area contributed by atoms with Crippen LogP contribution in [0.5, 0.6) is 0 Å². The highest BCUT2D eigenvalue weighted by Crippen LogP contribution is 2.40. The SMILES string of the molecule is CCOC(=O)c1c(NC(=O)c2ccc3c(c2)C(=O)N(c2ccc(C)cc2)C3=O)sc(C)c1-c1ccccc1. The van der Waals surface area contributed by atoms with E-state index < -0.39 is 23.7 Å². The first-order valence-corrected chi connectivity index (χ1v) is 12.9. The number of aryl methyl sites for hydroxylation is 2. The molecule has 1 aliphatic rings. The van der Waals surface area contributed by atoms with Crippen LogP contribution >= 0.6 is 11.3 Å². The molecule has 8 heteroatoms. The minimum atomic E-state index is -0.533. The molecule has 0 saturated carbocycles. The Morgan fingerprint density at radius 1 is 0.895 bits per heavy atom. The van der Waals surface area contributed by atoms with E-state index in [1.807, 2.05) is 56.3 Å². The van der Waals surface area contributed by atoms with Gasteiger partial charge in [-0.05, 0) is 56.7 Å². The highest BCUT2D eigenvalue weighted by molar-refractivity contribution is 7.17. The molecule has 38 heavy (non-hydrogen) atoms. The predicted octanol–water partition coefficient (Wildman–Crippen LogP) is 6.26. The Morgan fingerprint density at radius 2 is 1.58 bits per heavy atom. The van der Waals surface area contributed by atoms with Gasteiger partial charge in [0.2, 0.25) is 0 Å². The number of imide groups is 1. The zero-order chi connectivity index (χ0) is 27.0. The maximum atomic E-state index is 13.3. The summed E-state index contributed by atoms with van der Waals surface area (Å²) >= 11 is 1.28. The standard InChI is InChI=1S/C30H24N2O5S/c1-4-37-30(36)25-24(19-8-6-5-7-9-19)18(3)38-27(25)31-26(33)20-12-15-22-23(16-20)29(35)32(28(22)34)21-13-10-17(2)11-14-21/h5-16H,4H2,1-3H3,(H,31,33). The Balaban J connectivity index is 1.47. The van der Waals surface area contributed by atoms with E-state index in [1.165, 1.54) is 29.5 Å². The van der Waals surface area contributed by atoms with Crippen molar-refractivity contribution in [2.45, 2.75) is 20.8 Å². The molecule has 7 nitrogen and oxygen atoms in total. The van der Waals surface area contributed by atoms with Crippen molar-refractivity contribution in [1.82, 2.24) is 0 Å². The number of ether oxygens (including phenoxy) is 1. The molecule has 0 spiro atoms. The highest BCUT2D eigenvalue weighted by atomic mass is 32.1. The lowest BCUT2D eigenvalue weighted by Gasteiger charge is -2.13. The summed E-state index contributed by atoms with van der Waals surface area (Å²) in [6.45, 7) is 5.71. The van der Waals surface area contributed by atoms with Gasteiger partial charge in [0, 0.05) is 16.0 Å². The van der Waals surface area contributed by atoms with Crippen molar-refractivity contribution in [1.29, 1.82) is 0 Å². The molecule has 0 radical (unpaired) electrons. The van der Waals surface area contributed by atoms with Crippen molar-refractivity contribution in [2.75, 3.05) is 16.8 Å². The molecule has 1 N–H and O–H groups in total. The number of nitrogens with zero attached hydrogens (tertiary/aromatic N) is 1. The molecule has 0 fully saturated rings. The van der Waals surface area contributed by atoms with Gasteiger partial charge >= 0.3 is 5.97 Å². The molecule has 1 aliphatic heterocycles. The summed E-state index contributed by atoms with van der Waals surface area (Å²) in [6.07, 6.45) is 0. The van der Waals surface area contributed by atoms with E-state index in [0.29, 0.717) is 16.3 Å². The number of esters is 1. The lowest BCUT2D eigenvalue weighted by Crippen LogP contribution is -2.29. The van der Waals surface area contributed by atoms with Crippen LogP contribution in [0.4, 0.5) is 10.7 Å². The van der Waals surface area contributed by atoms with Gasteiger partial charge in [-0.1, -0.05) is 48.0 Å². The third kappa shape index (κ3) is 4.39. The van der Waals surface area contributed by atoms with Crippen LogP contribution < -0.4 is 10.2 Å². The van der Waals surface area contributed by atoms with Crippen LogP contribution in [0, 0.1) is 13.8 Å². The summed E-state index contributed by atoms with van der Waals surface area (Å²) in [5.41, 5.74) is 3.87. The second kappa shape index (κ2) is 10.1. The minimum absolute atomic E-state index is 0.154. The van der Waals surface area contributed by atoms with Gasteiger partial charge in [0.15, 0.2) is 0 Å². The number of rotatable bonds is 6. The zero-order valence-corrected chi connectivity index (χ0v) is 21.8. The average molecular weight is 525 g/mol. The molecular formula is C30H24N2O5S. The molecule has 0 saturated heterocycles. The van der Waals surface area contributed by atoms with Crippen molar-refractivity contribution in [3.8, 4) is 11.1 Å². The largest absolute Gasteiger partial charge is 0.462 e. The number of carbonyl (C=O) groups is 4. The lowest BCUT2D eigenvalue weighted by molar-refractivity contribution is 0.0528. The summed E-state index contributed by atoms with van der Waals surface area (Å²) in [6, 6.07) is 20.9. The molecule has 0 unspecified atom stereocenters. The van der Waals surface area contributed by atoms with Crippen molar-refractivity contribution in [3.05, 3.63) is 105 Å². The Labute approximate surface area is 223 Å². The molecular weight excluding hydrogens is 500 g/mol. The summed E-state index contributed by atoms with van der Waals surface area (Å²) in [5.74, 6) is -1.97. The normalized spacial score (nSPS) is 12.4. The van der Waals surface area contributed by atoms with Gasteiger partial charge in [-0.15, -0.1) is 11.3 Å². The molecule has 5 rings (SSSR count). The van der Waals surface area contributed by atoms with E-state index >= 15 is 0 Å². The van der Waals surface area contributed by atoms with Crippen LogP contribution in [-0.4, -0.2) is 30.3 Å². The number of hydrogen-bond acceptors (Lipinski definition) is 6. The molecule has 190 valence electrons. The Kier molecular flexibility index (Phi) is 6.65. The second-order valence-corrected chi connectivity index (χ2v) is 10.0. The maximum absolute atomic E-state index is 13.3. The number of thiophene rings is 1. The first-order chi connectivity index (χ1) is 18.3. The Hall–Kier alpha value is -4.56. The topological polar surface area (TPSA) is 92.8 Å². The van der Waals surface area contributed by atoms with E-state index in [0.717, 1.165) is 20.9 Å².